The first-order chi connectivity index (χ1) is 7.89. The van der Waals surface area contributed by atoms with E-state index >= 15 is 0 Å². The molecule has 0 saturated carbocycles. The zero-order valence-corrected chi connectivity index (χ0v) is 11.2. The van der Waals surface area contributed by atoms with Crippen LogP contribution in [0.3, 0.4) is 0 Å². The van der Waals surface area contributed by atoms with E-state index in [2.05, 4.69) is 36.2 Å². The average molecular weight is 241 g/mol. The Hall–Kier alpha value is -0.940. The van der Waals surface area contributed by atoms with Crippen LogP contribution < -0.4 is 5.43 Å². The Kier molecular flexibility index (Phi) is 5.08. The molecular formula is C12H23N3O2. The third-order valence-corrected chi connectivity index (χ3v) is 2.90. The number of hydrogen-bond donors (Lipinski definition) is 1. The van der Waals surface area contributed by atoms with Crippen LogP contribution in [0.1, 0.15) is 27.7 Å². The SMILES string of the molecule is CC(=NNC(=O)CN1CCOCC1)C(C)(C)C. The Labute approximate surface area is 103 Å². The number of ether oxygens (including phenoxy) is 1. The molecule has 0 aliphatic carbocycles. The summed E-state index contributed by atoms with van der Waals surface area (Å²) in [7, 11) is 0. The predicted octanol–water partition coefficient (Wildman–Crippen LogP) is 0.857. The minimum absolute atomic E-state index is 0.00769. The van der Waals surface area contributed by atoms with E-state index in [1.54, 1.807) is 0 Å². The van der Waals surface area contributed by atoms with Gasteiger partial charge in [-0.3, -0.25) is 9.69 Å². The number of carbonyl (C=O) groups is 1. The van der Waals surface area contributed by atoms with Crippen LogP contribution in [0, 0.1) is 5.41 Å². The quantitative estimate of drug-likeness (QED) is 0.589. The average Bonchev–Trinajstić information content (AvgIpc) is 2.26. The minimum atomic E-state index is -0.0597. The summed E-state index contributed by atoms with van der Waals surface area (Å²) in [6.07, 6.45) is 0. The van der Waals surface area contributed by atoms with Crippen LogP contribution in [-0.2, 0) is 9.53 Å². The maximum Gasteiger partial charge on any atom is 0.254 e. The molecule has 1 aliphatic rings. The van der Waals surface area contributed by atoms with Crippen LogP contribution in [0.25, 0.3) is 0 Å². The summed E-state index contributed by atoms with van der Waals surface area (Å²) in [6, 6.07) is 0. The van der Waals surface area contributed by atoms with Gasteiger partial charge in [-0.05, 0) is 6.92 Å². The van der Waals surface area contributed by atoms with Crippen molar-refractivity contribution in [3.8, 4) is 0 Å². The van der Waals surface area contributed by atoms with Gasteiger partial charge < -0.3 is 4.74 Å². The molecule has 0 aromatic rings. The van der Waals surface area contributed by atoms with Crippen molar-refractivity contribution in [2.24, 2.45) is 10.5 Å². The molecule has 0 bridgehead atoms. The lowest BCUT2D eigenvalue weighted by molar-refractivity contribution is -0.123. The van der Waals surface area contributed by atoms with Crippen molar-refractivity contribution >= 4 is 11.6 Å². The minimum Gasteiger partial charge on any atom is -0.379 e. The fourth-order valence-corrected chi connectivity index (χ4v) is 1.31. The van der Waals surface area contributed by atoms with Gasteiger partial charge in [0.15, 0.2) is 0 Å². The van der Waals surface area contributed by atoms with E-state index in [0.29, 0.717) is 19.8 Å². The second-order valence-electron chi connectivity index (χ2n) is 5.37. The van der Waals surface area contributed by atoms with Crippen molar-refractivity contribution in [1.82, 2.24) is 10.3 Å². The van der Waals surface area contributed by atoms with E-state index in [1.165, 1.54) is 0 Å². The van der Waals surface area contributed by atoms with E-state index in [-0.39, 0.29) is 11.3 Å². The molecule has 0 aromatic heterocycles. The molecule has 0 spiro atoms. The van der Waals surface area contributed by atoms with Gasteiger partial charge in [-0.2, -0.15) is 5.10 Å². The van der Waals surface area contributed by atoms with Crippen molar-refractivity contribution in [3.05, 3.63) is 0 Å². The lowest BCUT2D eigenvalue weighted by Gasteiger charge is -2.25. The highest BCUT2D eigenvalue weighted by Crippen LogP contribution is 2.14. The summed E-state index contributed by atoms with van der Waals surface area (Å²) in [6.45, 7) is 11.6. The summed E-state index contributed by atoms with van der Waals surface area (Å²) in [4.78, 5) is 13.7. The van der Waals surface area contributed by atoms with Gasteiger partial charge in [0.05, 0.1) is 19.8 Å². The maximum absolute atomic E-state index is 11.6. The number of nitrogens with one attached hydrogen (secondary N) is 1. The summed E-state index contributed by atoms with van der Waals surface area (Å²) in [5.41, 5.74) is 3.52. The molecule has 1 rings (SSSR count). The summed E-state index contributed by atoms with van der Waals surface area (Å²) in [5.74, 6) is -0.0597. The van der Waals surface area contributed by atoms with Crippen LogP contribution in [-0.4, -0.2) is 49.4 Å². The molecule has 0 atom stereocenters. The van der Waals surface area contributed by atoms with Crippen molar-refractivity contribution in [2.45, 2.75) is 27.7 Å². The molecule has 0 unspecified atom stereocenters. The zero-order chi connectivity index (χ0) is 12.9. The third kappa shape index (κ3) is 5.28. The molecule has 0 aromatic carbocycles. The van der Waals surface area contributed by atoms with Crippen LogP contribution in [0.2, 0.25) is 0 Å². The van der Waals surface area contributed by atoms with Gasteiger partial charge in [0, 0.05) is 24.2 Å². The fraction of sp³-hybridized carbons (Fsp3) is 0.833. The number of hydrazone groups is 1. The second kappa shape index (κ2) is 6.12. The maximum atomic E-state index is 11.6. The first-order valence-corrected chi connectivity index (χ1v) is 6.03. The van der Waals surface area contributed by atoms with Crippen LogP contribution >= 0.6 is 0 Å². The first kappa shape index (κ1) is 14.1. The third-order valence-electron chi connectivity index (χ3n) is 2.90. The molecule has 1 saturated heterocycles. The highest BCUT2D eigenvalue weighted by Gasteiger charge is 2.16. The predicted molar refractivity (Wildman–Crippen MR) is 68.0 cm³/mol. The fourth-order valence-electron chi connectivity index (χ4n) is 1.31. The Bertz CT molecular complexity index is 289. The molecule has 1 N–H and O–H groups in total. The second-order valence-corrected chi connectivity index (χ2v) is 5.37. The number of amides is 1. The molecule has 1 aliphatic heterocycles. The lowest BCUT2D eigenvalue weighted by Crippen LogP contribution is -2.42. The molecule has 17 heavy (non-hydrogen) atoms. The molecule has 5 heteroatoms. The highest BCUT2D eigenvalue weighted by atomic mass is 16.5. The Morgan fingerprint density at radius 3 is 2.47 bits per heavy atom. The molecule has 0 radical (unpaired) electrons. The van der Waals surface area contributed by atoms with Gasteiger partial charge >= 0.3 is 0 Å². The van der Waals surface area contributed by atoms with Gasteiger partial charge in [0.25, 0.3) is 5.91 Å². The molecule has 1 amide bonds. The largest absolute Gasteiger partial charge is 0.379 e. The lowest BCUT2D eigenvalue weighted by atomic mass is 9.91. The van der Waals surface area contributed by atoms with Crippen LogP contribution in [0.4, 0.5) is 0 Å². The molecule has 1 fully saturated rings. The van der Waals surface area contributed by atoms with Crippen molar-refractivity contribution in [3.63, 3.8) is 0 Å². The Morgan fingerprint density at radius 2 is 1.94 bits per heavy atom. The molecule has 98 valence electrons. The summed E-state index contributed by atoms with van der Waals surface area (Å²) in [5, 5.41) is 4.12. The number of hydrogen-bond acceptors (Lipinski definition) is 4. The topological polar surface area (TPSA) is 53.9 Å². The van der Waals surface area contributed by atoms with Gasteiger partial charge in [0.1, 0.15) is 0 Å². The number of rotatable bonds is 3. The van der Waals surface area contributed by atoms with Crippen molar-refractivity contribution in [1.29, 1.82) is 0 Å². The van der Waals surface area contributed by atoms with Gasteiger partial charge in [-0.1, -0.05) is 20.8 Å². The normalized spacial score (nSPS) is 19.2. The molecule has 1 heterocycles. The summed E-state index contributed by atoms with van der Waals surface area (Å²) >= 11 is 0. The monoisotopic (exact) mass is 241 g/mol. The highest BCUT2D eigenvalue weighted by molar-refractivity contribution is 5.88. The number of carbonyl (C=O) groups excluding carboxylic acids is 1. The van der Waals surface area contributed by atoms with E-state index < -0.39 is 0 Å². The standard InChI is InChI=1S/C12H23N3O2/c1-10(12(2,3)4)13-14-11(16)9-15-5-7-17-8-6-15/h5-9H2,1-4H3,(H,14,16). The van der Waals surface area contributed by atoms with E-state index in [0.717, 1.165) is 18.8 Å². The van der Waals surface area contributed by atoms with E-state index in [9.17, 15) is 4.79 Å². The van der Waals surface area contributed by atoms with Gasteiger partial charge in [0.2, 0.25) is 0 Å². The van der Waals surface area contributed by atoms with E-state index in [1.807, 2.05) is 6.92 Å². The smallest absolute Gasteiger partial charge is 0.254 e. The first-order valence-electron chi connectivity index (χ1n) is 6.03. The van der Waals surface area contributed by atoms with Crippen molar-refractivity contribution < 1.29 is 9.53 Å². The van der Waals surface area contributed by atoms with Crippen molar-refractivity contribution in [2.75, 3.05) is 32.8 Å². The van der Waals surface area contributed by atoms with Gasteiger partial charge in [-0.25, -0.2) is 5.43 Å². The van der Waals surface area contributed by atoms with Gasteiger partial charge in [-0.15, -0.1) is 0 Å². The van der Waals surface area contributed by atoms with E-state index in [4.69, 9.17) is 4.74 Å². The number of morpholine rings is 1. The van der Waals surface area contributed by atoms with Crippen LogP contribution in [0.5, 0.6) is 0 Å². The molecular weight excluding hydrogens is 218 g/mol. The van der Waals surface area contributed by atoms with Crippen LogP contribution in [0.15, 0.2) is 5.10 Å². The summed E-state index contributed by atoms with van der Waals surface area (Å²) < 4.78 is 5.22. The number of nitrogens with zero attached hydrogens (tertiary/aromatic N) is 2. The Balaban J connectivity index is 2.34. The Morgan fingerprint density at radius 1 is 1.35 bits per heavy atom. The molecule has 5 nitrogen and oxygen atoms in total. The zero-order valence-electron chi connectivity index (χ0n) is 11.2.